The van der Waals surface area contributed by atoms with Crippen molar-refractivity contribution in [3.05, 3.63) is 68.4 Å². The number of methoxy groups -OCH3 is 1. The number of aromatic nitrogens is 5. The Kier molecular flexibility index (Phi) is 7.88. The highest BCUT2D eigenvalue weighted by molar-refractivity contribution is 7.21. The molecule has 0 fully saturated rings. The number of hydrogen-bond donors (Lipinski definition) is 1. The number of nitrogens with zero attached hydrogens (tertiary/aromatic N) is 6. The molecule has 1 aromatic carbocycles. The lowest BCUT2D eigenvalue weighted by atomic mass is 9.97. The van der Waals surface area contributed by atoms with E-state index in [0.29, 0.717) is 15.1 Å². The van der Waals surface area contributed by atoms with Gasteiger partial charge in [-0.1, -0.05) is 11.3 Å². The zero-order valence-corrected chi connectivity index (χ0v) is 24.2. The third-order valence-electron chi connectivity index (χ3n) is 6.71. The first-order valence-corrected chi connectivity index (χ1v) is 13.3. The highest BCUT2D eigenvalue weighted by Gasteiger charge is 2.36. The molecule has 216 valence electrons. The number of hydrogen-bond acceptors (Lipinski definition) is 9. The topological polar surface area (TPSA) is 154 Å². The number of fused-ring (bicyclic) bond motifs is 1. The molecule has 41 heavy (non-hydrogen) atoms. The Morgan fingerprint density at radius 2 is 1.88 bits per heavy atom. The van der Waals surface area contributed by atoms with Crippen LogP contribution in [0.15, 0.2) is 40.2 Å². The molecule has 0 unspecified atom stereocenters. The number of carbonyl (C=O) groups is 1. The van der Waals surface area contributed by atoms with Gasteiger partial charge in [-0.25, -0.2) is 18.5 Å². The number of carboxylic acid groups (broad SMARTS) is 1. The Morgan fingerprint density at radius 1 is 1.22 bits per heavy atom. The summed E-state index contributed by atoms with van der Waals surface area (Å²) >= 11 is 1.07. The van der Waals surface area contributed by atoms with Gasteiger partial charge in [0, 0.05) is 11.1 Å². The number of ether oxygens (including phenoxy) is 2. The molecule has 14 heteroatoms. The molecule has 12 nitrogen and oxygen atoms in total. The van der Waals surface area contributed by atoms with E-state index in [9.17, 15) is 29.1 Å². The van der Waals surface area contributed by atoms with Gasteiger partial charge in [0.2, 0.25) is 0 Å². The van der Waals surface area contributed by atoms with E-state index < -0.39 is 40.1 Å². The zero-order chi connectivity index (χ0) is 30.3. The number of nitriles is 1. The minimum absolute atomic E-state index is 0.0854. The van der Waals surface area contributed by atoms with E-state index in [4.69, 9.17) is 9.47 Å². The van der Waals surface area contributed by atoms with Crippen molar-refractivity contribution in [3.8, 4) is 16.8 Å². The van der Waals surface area contributed by atoms with E-state index >= 15 is 0 Å². The SMILES string of the molecule is COc1ccc(F)cc1[C@H](Cn1c(=O)n(C(C)(C)C(=O)O)c(=O)c2c(C)c(-n3nccn3)sc21)OCC(C)(C)C#N. The van der Waals surface area contributed by atoms with Crippen molar-refractivity contribution >= 4 is 27.5 Å². The fraction of sp³-hybridized carbons (Fsp3) is 0.407. The minimum atomic E-state index is -1.92. The third-order valence-corrected chi connectivity index (χ3v) is 7.99. The van der Waals surface area contributed by atoms with Gasteiger partial charge >= 0.3 is 11.7 Å². The molecule has 0 aliphatic carbocycles. The summed E-state index contributed by atoms with van der Waals surface area (Å²) in [4.78, 5) is 41.5. The van der Waals surface area contributed by atoms with Crippen molar-refractivity contribution < 1.29 is 23.8 Å². The predicted molar refractivity (Wildman–Crippen MR) is 148 cm³/mol. The highest BCUT2D eigenvalue weighted by atomic mass is 32.1. The van der Waals surface area contributed by atoms with Crippen LogP contribution in [0, 0.1) is 29.5 Å². The number of rotatable bonds is 10. The van der Waals surface area contributed by atoms with Gasteiger partial charge in [-0.2, -0.15) is 15.5 Å². The standard InChI is InChI=1S/C27H29FN6O6S/c1-15-20-21(35)33(27(4,5)24(36)37)25(38)32(23(20)41-22(15)34-30-9-10-31-34)12-19(40-14-26(2,3)13-29)17-11-16(28)7-8-18(17)39-6/h7-11,19H,12,14H2,1-6H3,(H,36,37)/t19-/m0/s1. The summed E-state index contributed by atoms with van der Waals surface area (Å²) in [5, 5.41) is 28.3. The second kappa shape index (κ2) is 10.9. The molecule has 0 aliphatic heterocycles. The molecule has 0 spiro atoms. The van der Waals surface area contributed by atoms with Gasteiger partial charge in [0.25, 0.3) is 5.56 Å². The number of aryl methyl sites for hydroxylation is 1. The number of aliphatic carboxylic acids is 1. The number of carboxylic acids is 1. The Hall–Kier alpha value is -4.35. The quantitative estimate of drug-likeness (QED) is 0.295. The summed E-state index contributed by atoms with van der Waals surface area (Å²) in [7, 11) is 1.40. The average molecular weight is 585 g/mol. The molecular weight excluding hydrogens is 555 g/mol. The molecule has 0 amide bonds. The van der Waals surface area contributed by atoms with Gasteiger partial charge in [0.1, 0.15) is 33.0 Å². The van der Waals surface area contributed by atoms with Gasteiger partial charge < -0.3 is 14.6 Å². The molecule has 0 radical (unpaired) electrons. The largest absolute Gasteiger partial charge is 0.496 e. The molecule has 4 rings (SSSR count). The lowest BCUT2D eigenvalue weighted by molar-refractivity contribution is -0.146. The van der Waals surface area contributed by atoms with Crippen LogP contribution in [-0.2, 0) is 21.6 Å². The van der Waals surface area contributed by atoms with E-state index in [-0.39, 0.29) is 34.7 Å². The first kappa shape index (κ1) is 29.6. The Bertz CT molecular complexity index is 1780. The molecule has 1 atom stereocenters. The maximum Gasteiger partial charge on any atom is 0.333 e. The maximum atomic E-state index is 14.5. The van der Waals surface area contributed by atoms with Crippen LogP contribution in [0.1, 0.15) is 44.9 Å². The second-order valence-corrected chi connectivity index (χ2v) is 11.6. The first-order valence-electron chi connectivity index (χ1n) is 12.5. The molecule has 0 saturated heterocycles. The Morgan fingerprint density at radius 3 is 2.46 bits per heavy atom. The van der Waals surface area contributed by atoms with E-state index in [1.807, 2.05) is 0 Å². The lowest BCUT2D eigenvalue weighted by Crippen LogP contribution is -2.52. The first-order chi connectivity index (χ1) is 19.2. The van der Waals surface area contributed by atoms with Gasteiger partial charge in [-0.15, -0.1) is 4.80 Å². The van der Waals surface area contributed by atoms with Crippen LogP contribution in [0.5, 0.6) is 5.75 Å². The summed E-state index contributed by atoms with van der Waals surface area (Å²) < 4.78 is 28.0. The van der Waals surface area contributed by atoms with E-state index in [1.54, 1.807) is 20.8 Å². The predicted octanol–water partition coefficient (Wildman–Crippen LogP) is 3.39. The lowest BCUT2D eigenvalue weighted by Gasteiger charge is -2.27. The van der Waals surface area contributed by atoms with Crippen LogP contribution in [0.2, 0.25) is 0 Å². The normalized spacial score (nSPS) is 12.8. The summed E-state index contributed by atoms with van der Waals surface area (Å²) in [6.45, 7) is 7.15. The molecule has 3 aromatic heterocycles. The van der Waals surface area contributed by atoms with Crippen LogP contribution >= 0.6 is 11.3 Å². The van der Waals surface area contributed by atoms with Gasteiger partial charge in [-0.05, 0) is 52.8 Å². The maximum absolute atomic E-state index is 14.5. The second-order valence-electron chi connectivity index (χ2n) is 10.6. The van der Waals surface area contributed by atoms with Gasteiger partial charge in [0.05, 0.1) is 49.5 Å². The van der Waals surface area contributed by atoms with Crippen LogP contribution < -0.4 is 16.0 Å². The van der Waals surface area contributed by atoms with Crippen molar-refractivity contribution in [1.29, 1.82) is 5.26 Å². The monoisotopic (exact) mass is 584 g/mol. The number of thiophene rings is 1. The molecule has 0 saturated carbocycles. The van der Waals surface area contributed by atoms with Crippen molar-refractivity contribution in [2.45, 2.75) is 52.8 Å². The Labute approximate surface area is 237 Å². The van der Waals surface area contributed by atoms with E-state index in [0.717, 1.165) is 11.3 Å². The fourth-order valence-electron chi connectivity index (χ4n) is 4.30. The van der Waals surface area contributed by atoms with Crippen LogP contribution in [0.4, 0.5) is 4.39 Å². The number of halogens is 1. The molecule has 3 heterocycles. The van der Waals surface area contributed by atoms with Crippen molar-refractivity contribution in [2.75, 3.05) is 13.7 Å². The average Bonchev–Trinajstić information content (AvgIpc) is 3.56. The zero-order valence-electron chi connectivity index (χ0n) is 23.3. The van der Waals surface area contributed by atoms with E-state index in [2.05, 4.69) is 16.3 Å². The summed E-state index contributed by atoms with van der Waals surface area (Å²) in [6.07, 6.45) is 1.88. The molecular formula is C27H29FN6O6S. The summed E-state index contributed by atoms with van der Waals surface area (Å²) in [6, 6.07) is 5.98. The van der Waals surface area contributed by atoms with Crippen LogP contribution in [-0.4, -0.2) is 48.9 Å². The minimum Gasteiger partial charge on any atom is -0.496 e. The highest BCUT2D eigenvalue weighted by Crippen LogP contribution is 2.35. The van der Waals surface area contributed by atoms with Crippen molar-refractivity contribution in [3.63, 3.8) is 0 Å². The fourth-order valence-corrected chi connectivity index (χ4v) is 5.52. The van der Waals surface area contributed by atoms with Gasteiger partial charge in [-0.3, -0.25) is 9.36 Å². The third kappa shape index (κ3) is 5.38. The smallest absolute Gasteiger partial charge is 0.333 e. The van der Waals surface area contributed by atoms with Crippen molar-refractivity contribution in [1.82, 2.24) is 24.1 Å². The summed E-state index contributed by atoms with van der Waals surface area (Å²) in [5.74, 6) is -1.69. The molecule has 0 bridgehead atoms. The Balaban J connectivity index is 2.04. The molecule has 1 N–H and O–H groups in total. The molecule has 0 aliphatic rings. The van der Waals surface area contributed by atoms with E-state index in [1.165, 1.54) is 60.9 Å². The summed E-state index contributed by atoms with van der Waals surface area (Å²) in [5.41, 5.74) is -3.83. The van der Waals surface area contributed by atoms with Crippen LogP contribution in [0.25, 0.3) is 15.2 Å². The molecule has 4 aromatic rings. The van der Waals surface area contributed by atoms with Crippen molar-refractivity contribution in [2.24, 2.45) is 5.41 Å². The van der Waals surface area contributed by atoms with Gasteiger partial charge in [0.15, 0.2) is 0 Å². The number of benzene rings is 1. The van der Waals surface area contributed by atoms with Crippen LogP contribution in [0.3, 0.4) is 0 Å².